The maximum atomic E-state index is 10.7. The quantitative estimate of drug-likeness (QED) is 0.480. The van der Waals surface area contributed by atoms with Crippen molar-refractivity contribution in [1.82, 2.24) is 0 Å². The molecule has 0 spiro atoms. The molecule has 0 amide bonds. The lowest BCUT2D eigenvalue weighted by Crippen LogP contribution is -2.02. The predicted octanol–water partition coefficient (Wildman–Crippen LogP) is 5.49. The van der Waals surface area contributed by atoms with E-state index in [2.05, 4.69) is 53.1 Å². The van der Waals surface area contributed by atoms with Crippen molar-refractivity contribution in [2.45, 2.75) is 6.54 Å². The molecule has 104 valence electrons. The van der Waals surface area contributed by atoms with Crippen molar-refractivity contribution in [3.05, 3.63) is 65.5 Å². The van der Waals surface area contributed by atoms with Gasteiger partial charge in [0.15, 0.2) is 0 Å². The van der Waals surface area contributed by atoms with Crippen molar-refractivity contribution in [2.24, 2.45) is 0 Å². The van der Waals surface area contributed by atoms with Crippen LogP contribution in [0.4, 0.5) is 11.4 Å². The van der Waals surface area contributed by atoms with Gasteiger partial charge in [-0.05, 0) is 55.6 Å². The number of rotatable bonds is 4. The largest absolute Gasteiger partial charge is 0.379 e. The Morgan fingerprint density at radius 1 is 1.05 bits per heavy atom. The van der Waals surface area contributed by atoms with Crippen LogP contribution in [0.25, 0.3) is 0 Å². The van der Waals surface area contributed by atoms with E-state index in [1.165, 1.54) is 12.1 Å². The summed E-state index contributed by atoms with van der Waals surface area (Å²) in [5.41, 5.74) is 1.96. The molecule has 2 aromatic rings. The number of anilines is 1. The second-order valence-electron chi connectivity index (χ2n) is 3.98. The Bertz CT molecular complexity index is 642. The van der Waals surface area contributed by atoms with E-state index in [0.29, 0.717) is 11.0 Å². The molecule has 20 heavy (non-hydrogen) atoms. The van der Waals surface area contributed by atoms with Gasteiger partial charge >= 0.3 is 0 Å². The lowest BCUT2D eigenvalue weighted by Gasteiger charge is -2.11. The van der Waals surface area contributed by atoms with E-state index in [-0.39, 0.29) is 5.69 Å². The highest BCUT2D eigenvalue weighted by Crippen LogP contribution is 2.31. The van der Waals surface area contributed by atoms with Gasteiger partial charge in [-0.15, -0.1) is 0 Å². The van der Waals surface area contributed by atoms with Crippen LogP contribution < -0.4 is 5.32 Å². The zero-order valence-electron chi connectivity index (χ0n) is 10.1. The van der Waals surface area contributed by atoms with Gasteiger partial charge in [0.1, 0.15) is 0 Å². The van der Waals surface area contributed by atoms with Crippen molar-refractivity contribution in [3.63, 3.8) is 0 Å². The third-order valence-electron chi connectivity index (χ3n) is 2.67. The summed E-state index contributed by atoms with van der Waals surface area (Å²) in [5.74, 6) is 0. The molecule has 0 bridgehead atoms. The van der Waals surface area contributed by atoms with E-state index in [9.17, 15) is 10.1 Å². The minimum Gasteiger partial charge on any atom is -0.379 e. The van der Waals surface area contributed by atoms with Crippen LogP contribution in [0.1, 0.15) is 5.56 Å². The minimum atomic E-state index is -0.410. The van der Waals surface area contributed by atoms with Gasteiger partial charge in [0.25, 0.3) is 5.69 Å². The minimum absolute atomic E-state index is 0.0719. The molecular formula is C13H9Br3N2O2. The molecule has 0 aliphatic heterocycles. The Hall–Kier alpha value is -0.920. The second kappa shape index (κ2) is 6.69. The Balaban J connectivity index is 2.17. The molecule has 0 saturated carbocycles. The number of nitrogens with one attached hydrogen (secondary N) is 1. The number of hydrogen-bond donors (Lipinski definition) is 1. The van der Waals surface area contributed by atoms with Gasteiger partial charge in [-0.1, -0.05) is 22.0 Å². The third kappa shape index (κ3) is 3.59. The molecule has 0 unspecified atom stereocenters. The zero-order valence-corrected chi connectivity index (χ0v) is 14.8. The van der Waals surface area contributed by atoms with Crippen molar-refractivity contribution in [3.8, 4) is 0 Å². The summed E-state index contributed by atoms with van der Waals surface area (Å²) < 4.78 is 2.61. The smallest absolute Gasteiger partial charge is 0.270 e. The fourth-order valence-electron chi connectivity index (χ4n) is 1.64. The highest BCUT2D eigenvalue weighted by Gasteiger charge is 2.10. The van der Waals surface area contributed by atoms with Gasteiger partial charge < -0.3 is 5.32 Å². The first-order valence-corrected chi connectivity index (χ1v) is 7.97. The van der Waals surface area contributed by atoms with Gasteiger partial charge in [-0.25, -0.2) is 0 Å². The van der Waals surface area contributed by atoms with Crippen LogP contribution in [0.3, 0.4) is 0 Å². The van der Waals surface area contributed by atoms with Crippen LogP contribution in [0.5, 0.6) is 0 Å². The Kier molecular flexibility index (Phi) is 5.17. The molecule has 1 N–H and O–H groups in total. The van der Waals surface area contributed by atoms with Crippen molar-refractivity contribution in [1.29, 1.82) is 0 Å². The summed E-state index contributed by atoms with van der Waals surface area (Å²) in [5, 5.41) is 14.0. The molecule has 0 fully saturated rings. The molecule has 0 aliphatic carbocycles. The van der Waals surface area contributed by atoms with E-state index < -0.39 is 4.92 Å². The number of nitro groups is 1. The summed E-state index contributed by atoms with van der Waals surface area (Å²) in [6, 6.07) is 10.6. The lowest BCUT2D eigenvalue weighted by molar-refractivity contribution is -0.384. The monoisotopic (exact) mass is 462 g/mol. The first-order chi connectivity index (χ1) is 9.49. The summed E-state index contributed by atoms with van der Waals surface area (Å²) in [4.78, 5) is 10.3. The summed E-state index contributed by atoms with van der Waals surface area (Å²) in [6.45, 7) is 0.555. The summed E-state index contributed by atoms with van der Waals surface area (Å²) in [7, 11) is 0. The SMILES string of the molecule is O=[N+]([O-])c1ccc(CNc2c(Br)cccc2Br)c(Br)c1. The predicted molar refractivity (Wildman–Crippen MR) is 90.0 cm³/mol. The number of nitro benzene ring substituents is 1. The summed E-state index contributed by atoms with van der Waals surface area (Å²) >= 11 is 10.3. The average Bonchev–Trinajstić information content (AvgIpc) is 2.39. The molecule has 4 nitrogen and oxygen atoms in total. The second-order valence-corrected chi connectivity index (χ2v) is 6.55. The normalized spacial score (nSPS) is 10.3. The average molecular weight is 465 g/mol. The van der Waals surface area contributed by atoms with Crippen LogP contribution in [0.2, 0.25) is 0 Å². The molecule has 0 aliphatic rings. The fraction of sp³-hybridized carbons (Fsp3) is 0.0769. The number of hydrogen-bond acceptors (Lipinski definition) is 3. The standard InChI is InChI=1S/C13H9Br3N2O2/c14-10-2-1-3-11(15)13(10)17-7-8-4-5-9(18(19)20)6-12(8)16/h1-6,17H,7H2. The molecule has 0 aromatic heterocycles. The van der Waals surface area contributed by atoms with E-state index >= 15 is 0 Å². The van der Waals surface area contributed by atoms with Crippen LogP contribution in [-0.4, -0.2) is 4.92 Å². The molecule has 0 heterocycles. The van der Waals surface area contributed by atoms with Crippen LogP contribution in [0.15, 0.2) is 49.8 Å². The Morgan fingerprint density at radius 3 is 2.25 bits per heavy atom. The van der Waals surface area contributed by atoms with Gasteiger partial charge in [-0.3, -0.25) is 10.1 Å². The molecular weight excluding hydrogens is 456 g/mol. The van der Waals surface area contributed by atoms with Gasteiger partial charge in [0, 0.05) is 32.1 Å². The van der Waals surface area contributed by atoms with E-state index in [4.69, 9.17) is 0 Å². The molecule has 0 saturated heterocycles. The van der Waals surface area contributed by atoms with Crippen molar-refractivity contribution in [2.75, 3.05) is 5.32 Å². The topological polar surface area (TPSA) is 55.2 Å². The van der Waals surface area contributed by atoms with Gasteiger partial charge in [0.2, 0.25) is 0 Å². The maximum Gasteiger partial charge on any atom is 0.270 e. The summed E-state index contributed by atoms with van der Waals surface area (Å²) in [6.07, 6.45) is 0. The maximum absolute atomic E-state index is 10.7. The number of para-hydroxylation sites is 1. The van der Waals surface area contributed by atoms with Crippen molar-refractivity contribution >= 4 is 59.2 Å². The first kappa shape index (κ1) is 15.5. The van der Waals surface area contributed by atoms with Crippen molar-refractivity contribution < 1.29 is 4.92 Å². The lowest BCUT2D eigenvalue weighted by atomic mass is 10.2. The number of halogens is 3. The highest BCUT2D eigenvalue weighted by molar-refractivity contribution is 9.11. The Morgan fingerprint density at radius 2 is 1.70 bits per heavy atom. The van der Waals surface area contributed by atoms with Crippen LogP contribution >= 0.6 is 47.8 Å². The van der Waals surface area contributed by atoms with E-state index in [1.54, 1.807) is 6.07 Å². The highest BCUT2D eigenvalue weighted by atomic mass is 79.9. The zero-order chi connectivity index (χ0) is 14.7. The first-order valence-electron chi connectivity index (χ1n) is 5.59. The number of non-ortho nitro benzene ring substituents is 1. The van der Waals surface area contributed by atoms with E-state index in [0.717, 1.165) is 20.2 Å². The van der Waals surface area contributed by atoms with Crippen LogP contribution in [-0.2, 0) is 6.54 Å². The molecule has 2 rings (SSSR count). The Labute approximate surface area is 141 Å². The molecule has 2 aromatic carbocycles. The van der Waals surface area contributed by atoms with Gasteiger partial charge in [-0.2, -0.15) is 0 Å². The fourth-order valence-corrected chi connectivity index (χ4v) is 3.43. The molecule has 7 heteroatoms. The van der Waals surface area contributed by atoms with E-state index in [1.807, 2.05) is 18.2 Å². The number of benzene rings is 2. The third-order valence-corrected chi connectivity index (χ3v) is 4.73. The van der Waals surface area contributed by atoms with Gasteiger partial charge in [0.05, 0.1) is 10.6 Å². The van der Waals surface area contributed by atoms with Crippen LogP contribution in [0, 0.1) is 10.1 Å². The number of nitrogens with zero attached hydrogens (tertiary/aromatic N) is 1. The molecule has 0 atom stereocenters. The molecule has 0 radical (unpaired) electrons.